The molecule has 0 bridgehead atoms. The van der Waals surface area contributed by atoms with Gasteiger partial charge in [-0.15, -0.1) is 0 Å². The van der Waals surface area contributed by atoms with Gasteiger partial charge in [-0.25, -0.2) is 4.39 Å². The molecule has 0 heterocycles. The molecular weight excluding hydrogens is 249 g/mol. The van der Waals surface area contributed by atoms with Crippen LogP contribution in [0.5, 0.6) is 0 Å². The minimum atomic E-state index is -0.408. The lowest BCUT2D eigenvalue weighted by molar-refractivity contribution is -0.120. The van der Waals surface area contributed by atoms with Crippen LogP contribution in [0.1, 0.15) is 12.8 Å². The van der Waals surface area contributed by atoms with Crippen molar-refractivity contribution >= 4 is 17.5 Å². The minimum Gasteiger partial charge on any atom is -0.352 e. The van der Waals surface area contributed by atoms with Crippen LogP contribution in [-0.4, -0.2) is 30.9 Å². The molecule has 19 heavy (non-hydrogen) atoms. The Labute approximate surface area is 110 Å². The average Bonchev–Trinajstić information content (AvgIpc) is 3.12. The van der Waals surface area contributed by atoms with E-state index in [0.29, 0.717) is 11.7 Å². The summed E-state index contributed by atoms with van der Waals surface area (Å²) >= 11 is 0. The van der Waals surface area contributed by atoms with Crippen molar-refractivity contribution in [1.29, 1.82) is 0 Å². The summed E-state index contributed by atoms with van der Waals surface area (Å²) in [6.07, 6.45) is 2.07. The molecule has 3 N–H and O–H groups in total. The maximum Gasteiger partial charge on any atom is 0.238 e. The first-order chi connectivity index (χ1) is 9.13. The zero-order chi connectivity index (χ0) is 13.7. The van der Waals surface area contributed by atoms with Gasteiger partial charge in [0.25, 0.3) is 0 Å². The van der Waals surface area contributed by atoms with Gasteiger partial charge in [0, 0.05) is 11.7 Å². The predicted molar refractivity (Wildman–Crippen MR) is 69.1 cm³/mol. The molecule has 1 aliphatic rings. The molecule has 1 fully saturated rings. The maximum absolute atomic E-state index is 12.9. The fourth-order valence-electron chi connectivity index (χ4n) is 1.57. The van der Waals surface area contributed by atoms with Crippen LogP contribution in [0.4, 0.5) is 10.1 Å². The van der Waals surface area contributed by atoms with Gasteiger partial charge >= 0.3 is 0 Å². The van der Waals surface area contributed by atoms with E-state index in [2.05, 4.69) is 16.0 Å². The third-order valence-electron chi connectivity index (χ3n) is 2.62. The van der Waals surface area contributed by atoms with Gasteiger partial charge in [-0.2, -0.15) is 0 Å². The smallest absolute Gasteiger partial charge is 0.238 e. The largest absolute Gasteiger partial charge is 0.352 e. The van der Waals surface area contributed by atoms with Crippen molar-refractivity contribution in [1.82, 2.24) is 10.6 Å². The Morgan fingerprint density at radius 1 is 1.21 bits per heavy atom. The number of benzene rings is 1. The molecule has 2 rings (SSSR count). The molecule has 6 heteroatoms. The molecule has 5 nitrogen and oxygen atoms in total. The van der Waals surface area contributed by atoms with Crippen molar-refractivity contribution in [2.24, 2.45) is 0 Å². The number of anilines is 1. The highest BCUT2D eigenvalue weighted by Gasteiger charge is 2.22. The van der Waals surface area contributed by atoms with Crippen LogP contribution < -0.4 is 16.0 Å². The predicted octanol–water partition coefficient (Wildman–Crippen LogP) is 0.632. The fourth-order valence-corrected chi connectivity index (χ4v) is 1.57. The van der Waals surface area contributed by atoms with E-state index in [9.17, 15) is 14.0 Å². The van der Waals surface area contributed by atoms with Gasteiger partial charge in [-0.1, -0.05) is 6.07 Å². The summed E-state index contributed by atoms with van der Waals surface area (Å²) in [5.41, 5.74) is 0.397. The van der Waals surface area contributed by atoms with Crippen molar-refractivity contribution in [3.63, 3.8) is 0 Å². The highest BCUT2D eigenvalue weighted by molar-refractivity contribution is 5.92. The van der Waals surface area contributed by atoms with Gasteiger partial charge in [0.15, 0.2) is 0 Å². The Balaban J connectivity index is 1.65. The zero-order valence-electron chi connectivity index (χ0n) is 10.4. The number of halogens is 1. The van der Waals surface area contributed by atoms with E-state index >= 15 is 0 Å². The Morgan fingerprint density at radius 2 is 1.95 bits per heavy atom. The van der Waals surface area contributed by atoms with Crippen LogP contribution >= 0.6 is 0 Å². The first-order valence-corrected chi connectivity index (χ1v) is 6.19. The van der Waals surface area contributed by atoms with Crippen LogP contribution in [0, 0.1) is 5.82 Å². The van der Waals surface area contributed by atoms with Crippen LogP contribution in [0.25, 0.3) is 0 Å². The lowest BCUT2D eigenvalue weighted by Gasteiger charge is -2.07. The van der Waals surface area contributed by atoms with Crippen molar-refractivity contribution in [3.8, 4) is 0 Å². The van der Waals surface area contributed by atoms with Gasteiger partial charge in [-0.3, -0.25) is 14.9 Å². The van der Waals surface area contributed by atoms with Gasteiger partial charge in [0.2, 0.25) is 11.8 Å². The Morgan fingerprint density at radius 3 is 2.63 bits per heavy atom. The van der Waals surface area contributed by atoms with E-state index in [0.717, 1.165) is 12.8 Å². The van der Waals surface area contributed by atoms with Crippen LogP contribution in [0.2, 0.25) is 0 Å². The van der Waals surface area contributed by atoms with Crippen molar-refractivity contribution in [2.45, 2.75) is 18.9 Å². The van der Waals surface area contributed by atoms with Gasteiger partial charge < -0.3 is 10.6 Å². The van der Waals surface area contributed by atoms with E-state index in [1.54, 1.807) is 6.07 Å². The fraction of sp³-hybridized carbons (Fsp3) is 0.385. The number of amides is 2. The normalized spacial score (nSPS) is 13.9. The zero-order valence-corrected chi connectivity index (χ0v) is 10.4. The number of carbonyl (C=O) groups excluding carboxylic acids is 2. The lowest BCUT2D eigenvalue weighted by atomic mass is 10.3. The molecule has 102 valence electrons. The van der Waals surface area contributed by atoms with Crippen molar-refractivity contribution in [3.05, 3.63) is 30.1 Å². The average molecular weight is 265 g/mol. The van der Waals surface area contributed by atoms with Crippen LogP contribution in [-0.2, 0) is 9.59 Å². The van der Waals surface area contributed by atoms with E-state index in [-0.39, 0.29) is 24.9 Å². The first-order valence-electron chi connectivity index (χ1n) is 6.19. The number of hydrogen-bond donors (Lipinski definition) is 3. The van der Waals surface area contributed by atoms with Crippen molar-refractivity contribution < 1.29 is 14.0 Å². The first kappa shape index (κ1) is 13.5. The molecule has 1 aromatic rings. The second kappa shape index (κ2) is 6.29. The minimum absolute atomic E-state index is 0.00853. The van der Waals surface area contributed by atoms with E-state index in [1.807, 2.05) is 0 Å². The Hall–Kier alpha value is -1.95. The summed E-state index contributed by atoms with van der Waals surface area (Å²) in [7, 11) is 0. The summed E-state index contributed by atoms with van der Waals surface area (Å²) in [5.74, 6) is -0.833. The van der Waals surface area contributed by atoms with Crippen LogP contribution in [0.3, 0.4) is 0 Å². The Bertz CT molecular complexity index is 475. The van der Waals surface area contributed by atoms with Gasteiger partial charge in [0.05, 0.1) is 13.1 Å². The molecule has 0 saturated heterocycles. The molecule has 0 unspecified atom stereocenters. The molecule has 0 spiro atoms. The molecule has 2 amide bonds. The van der Waals surface area contributed by atoms with E-state index < -0.39 is 5.82 Å². The van der Waals surface area contributed by atoms with E-state index in [4.69, 9.17) is 0 Å². The van der Waals surface area contributed by atoms with Gasteiger partial charge in [-0.05, 0) is 31.0 Å². The molecule has 1 aliphatic carbocycles. The summed E-state index contributed by atoms with van der Waals surface area (Å²) in [6.45, 7) is 0.113. The SMILES string of the molecule is O=C(CNCC(=O)NC1CC1)Nc1cccc(F)c1. The number of rotatable bonds is 6. The third kappa shape index (κ3) is 5.05. The summed E-state index contributed by atoms with van der Waals surface area (Å²) in [5, 5.41) is 8.07. The Kier molecular flexibility index (Phi) is 4.46. The topological polar surface area (TPSA) is 70.2 Å². The monoisotopic (exact) mass is 265 g/mol. The van der Waals surface area contributed by atoms with Gasteiger partial charge in [0.1, 0.15) is 5.82 Å². The summed E-state index contributed by atoms with van der Waals surface area (Å²) in [4.78, 5) is 22.8. The van der Waals surface area contributed by atoms with E-state index in [1.165, 1.54) is 18.2 Å². The summed E-state index contributed by atoms with van der Waals surface area (Å²) in [6, 6.07) is 5.96. The highest BCUT2D eigenvalue weighted by Crippen LogP contribution is 2.18. The maximum atomic E-state index is 12.9. The molecule has 0 atom stereocenters. The molecule has 0 aromatic heterocycles. The number of nitrogens with one attached hydrogen (secondary N) is 3. The molecule has 1 aromatic carbocycles. The molecule has 1 saturated carbocycles. The second-order valence-electron chi connectivity index (χ2n) is 4.50. The van der Waals surface area contributed by atoms with Crippen LogP contribution in [0.15, 0.2) is 24.3 Å². The standard InChI is InChI=1S/C13H16FN3O2/c14-9-2-1-3-11(6-9)17-13(19)8-15-7-12(18)16-10-4-5-10/h1-3,6,10,15H,4-5,7-8H2,(H,16,18)(H,17,19). The second-order valence-corrected chi connectivity index (χ2v) is 4.50. The lowest BCUT2D eigenvalue weighted by Crippen LogP contribution is -2.38. The molecule has 0 radical (unpaired) electrons. The quantitative estimate of drug-likeness (QED) is 0.706. The highest BCUT2D eigenvalue weighted by atomic mass is 19.1. The molecule has 0 aliphatic heterocycles. The third-order valence-corrected chi connectivity index (χ3v) is 2.62. The number of carbonyl (C=O) groups is 2. The summed E-state index contributed by atoms with van der Waals surface area (Å²) < 4.78 is 12.9. The molecular formula is C13H16FN3O2. The number of hydrogen-bond acceptors (Lipinski definition) is 3. The van der Waals surface area contributed by atoms with Crippen molar-refractivity contribution in [2.75, 3.05) is 18.4 Å².